The number of amides is 1. The second-order valence-corrected chi connectivity index (χ2v) is 4.75. The summed E-state index contributed by atoms with van der Waals surface area (Å²) in [4.78, 5) is 11.9. The van der Waals surface area contributed by atoms with Gasteiger partial charge in [0.05, 0.1) is 10.6 Å². The van der Waals surface area contributed by atoms with Gasteiger partial charge in [-0.25, -0.2) is 4.39 Å². The summed E-state index contributed by atoms with van der Waals surface area (Å²) in [6.45, 7) is 0.278. The minimum Gasteiger partial charge on any atom is -0.348 e. The maximum absolute atomic E-state index is 13.5. The fourth-order valence-electron chi connectivity index (χ4n) is 1.59. The number of carbonyl (C=O) groups excluding carboxylic acids is 1. The van der Waals surface area contributed by atoms with E-state index in [1.165, 1.54) is 18.2 Å². The molecule has 0 fully saturated rings. The standard InChI is InChI=1S/C14H10Cl2FNO/c15-10-6-4-9(5-7-10)8-18-14(19)13-11(16)2-1-3-12(13)17/h1-7H,8H2,(H,18,19). The third-order valence-corrected chi connectivity index (χ3v) is 3.12. The Labute approximate surface area is 120 Å². The molecular formula is C14H10Cl2FNO. The van der Waals surface area contributed by atoms with Crippen LogP contribution in [-0.2, 0) is 6.54 Å². The molecule has 0 spiro atoms. The third-order valence-electron chi connectivity index (χ3n) is 2.56. The highest BCUT2D eigenvalue weighted by molar-refractivity contribution is 6.33. The van der Waals surface area contributed by atoms with Crippen molar-refractivity contribution in [3.63, 3.8) is 0 Å². The summed E-state index contributed by atoms with van der Waals surface area (Å²) in [5, 5.41) is 3.32. The number of carbonyl (C=O) groups is 1. The SMILES string of the molecule is O=C(NCc1ccc(Cl)cc1)c1c(F)cccc1Cl. The van der Waals surface area contributed by atoms with Gasteiger partial charge < -0.3 is 5.32 Å². The quantitative estimate of drug-likeness (QED) is 0.909. The van der Waals surface area contributed by atoms with Gasteiger partial charge in [0.25, 0.3) is 5.91 Å². The fraction of sp³-hybridized carbons (Fsp3) is 0.0714. The van der Waals surface area contributed by atoms with Crippen molar-refractivity contribution in [2.45, 2.75) is 6.54 Å². The molecule has 0 aliphatic carbocycles. The van der Waals surface area contributed by atoms with Crippen LogP contribution in [0.1, 0.15) is 15.9 Å². The van der Waals surface area contributed by atoms with Crippen molar-refractivity contribution >= 4 is 29.1 Å². The summed E-state index contributed by atoms with van der Waals surface area (Å²) in [5.41, 5.74) is 0.725. The van der Waals surface area contributed by atoms with Crippen LogP contribution in [0.4, 0.5) is 4.39 Å². The molecule has 5 heteroatoms. The average molecular weight is 298 g/mol. The van der Waals surface area contributed by atoms with Crippen molar-refractivity contribution in [1.82, 2.24) is 5.32 Å². The van der Waals surface area contributed by atoms with E-state index in [1.54, 1.807) is 24.3 Å². The van der Waals surface area contributed by atoms with Crippen LogP contribution < -0.4 is 5.32 Å². The van der Waals surface area contributed by atoms with E-state index >= 15 is 0 Å². The molecule has 1 N–H and O–H groups in total. The van der Waals surface area contributed by atoms with Gasteiger partial charge in [-0.15, -0.1) is 0 Å². The van der Waals surface area contributed by atoms with Crippen molar-refractivity contribution in [3.05, 3.63) is 69.5 Å². The minimum atomic E-state index is -0.638. The number of halogens is 3. The van der Waals surface area contributed by atoms with Gasteiger partial charge in [0.2, 0.25) is 0 Å². The molecular weight excluding hydrogens is 288 g/mol. The summed E-state index contributed by atoms with van der Waals surface area (Å²) < 4.78 is 13.5. The molecule has 19 heavy (non-hydrogen) atoms. The lowest BCUT2D eigenvalue weighted by Gasteiger charge is -2.07. The molecule has 0 aromatic heterocycles. The van der Waals surface area contributed by atoms with Crippen LogP contribution in [0.25, 0.3) is 0 Å². The first kappa shape index (κ1) is 13.8. The van der Waals surface area contributed by atoms with E-state index in [-0.39, 0.29) is 17.1 Å². The lowest BCUT2D eigenvalue weighted by Crippen LogP contribution is -2.24. The number of nitrogens with one attached hydrogen (secondary N) is 1. The van der Waals surface area contributed by atoms with E-state index in [0.717, 1.165) is 5.56 Å². The molecule has 0 saturated carbocycles. The third kappa shape index (κ3) is 3.46. The minimum absolute atomic E-state index is 0.0913. The van der Waals surface area contributed by atoms with E-state index in [9.17, 15) is 9.18 Å². The maximum Gasteiger partial charge on any atom is 0.256 e. The monoisotopic (exact) mass is 297 g/mol. The van der Waals surface area contributed by atoms with E-state index < -0.39 is 11.7 Å². The molecule has 1 amide bonds. The van der Waals surface area contributed by atoms with Crippen molar-refractivity contribution in [3.8, 4) is 0 Å². The molecule has 98 valence electrons. The average Bonchev–Trinajstić information content (AvgIpc) is 2.38. The first-order valence-electron chi connectivity index (χ1n) is 5.54. The predicted octanol–water partition coefficient (Wildman–Crippen LogP) is 4.06. The van der Waals surface area contributed by atoms with Crippen molar-refractivity contribution in [2.75, 3.05) is 0 Å². The zero-order chi connectivity index (χ0) is 13.8. The van der Waals surface area contributed by atoms with E-state index in [0.29, 0.717) is 5.02 Å². The molecule has 2 aromatic rings. The van der Waals surface area contributed by atoms with Crippen LogP contribution in [0.2, 0.25) is 10.0 Å². The molecule has 0 aliphatic heterocycles. The number of benzene rings is 2. The molecule has 0 radical (unpaired) electrons. The topological polar surface area (TPSA) is 29.1 Å². The van der Waals surface area contributed by atoms with Gasteiger partial charge in [-0.2, -0.15) is 0 Å². The Bertz CT molecular complexity index is 579. The van der Waals surface area contributed by atoms with Crippen LogP contribution in [0.5, 0.6) is 0 Å². The number of rotatable bonds is 3. The van der Waals surface area contributed by atoms with Crippen molar-refractivity contribution in [2.24, 2.45) is 0 Å². The molecule has 0 bridgehead atoms. The largest absolute Gasteiger partial charge is 0.348 e. The number of hydrogen-bond donors (Lipinski definition) is 1. The van der Waals surface area contributed by atoms with Crippen LogP contribution in [0, 0.1) is 5.82 Å². The van der Waals surface area contributed by atoms with Gasteiger partial charge in [0, 0.05) is 11.6 Å². The number of hydrogen-bond acceptors (Lipinski definition) is 1. The zero-order valence-electron chi connectivity index (χ0n) is 9.79. The Morgan fingerprint density at radius 2 is 1.79 bits per heavy atom. The summed E-state index contributed by atoms with van der Waals surface area (Å²) in [7, 11) is 0. The molecule has 0 atom stereocenters. The zero-order valence-corrected chi connectivity index (χ0v) is 11.3. The first-order chi connectivity index (χ1) is 9.08. The lowest BCUT2D eigenvalue weighted by atomic mass is 10.2. The predicted molar refractivity (Wildman–Crippen MR) is 74.0 cm³/mol. The van der Waals surface area contributed by atoms with Crippen LogP contribution in [0.15, 0.2) is 42.5 Å². The molecule has 2 aromatic carbocycles. The molecule has 0 aliphatic rings. The Morgan fingerprint density at radius 1 is 1.11 bits per heavy atom. The summed E-state index contributed by atoms with van der Waals surface area (Å²) in [5.74, 6) is -1.18. The normalized spacial score (nSPS) is 10.3. The second-order valence-electron chi connectivity index (χ2n) is 3.91. The van der Waals surface area contributed by atoms with Gasteiger partial charge in [0.1, 0.15) is 5.82 Å². The van der Waals surface area contributed by atoms with Crippen LogP contribution in [-0.4, -0.2) is 5.91 Å². The van der Waals surface area contributed by atoms with Crippen molar-refractivity contribution in [1.29, 1.82) is 0 Å². The molecule has 2 nitrogen and oxygen atoms in total. The summed E-state index contributed by atoms with van der Waals surface area (Å²) >= 11 is 11.6. The summed E-state index contributed by atoms with van der Waals surface area (Å²) in [6, 6.07) is 11.1. The molecule has 0 unspecified atom stereocenters. The molecule has 0 saturated heterocycles. The van der Waals surface area contributed by atoms with Crippen molar-refractivity contribution < 1.29 is 9.18 Å². The van der Waals surface area contributed by atoms with Crippen LogP contribution in [0.3, 0.4) is 0 Å². The van der Waals surface area contributed by atoms with E-state index in [2.05, 4.69) is 5.32 Å². The van der Waals surface area contributed by atoms with E-state index in [1.807, 2.05) is 0 Å². The Kier molecular flexibility index (Phi) is 4.40. The second kappa shape index (κ2) is 6.04. The Hall–Kier alpha value is -1.58. The maximum atomic E-state index is 13.5. The first-order valence-corrected chi connectivity index (χ1v) is 6.30. The van der Waals surface area contributed by atoms with Gasteiger partial charge in [-0.3, -0.25) is 4.79 Å². The molecule has 0 heterocycles. The lowest BCUT2D eigenvalue weighted by molar-refractivity contribution is 0.0947. The highest BCUT2D eigenvalue weighted by atomic mass is 35.5. The van der Waals surface area contributed by atoms with Gasteiger partial charge in [-0.05, 0) is 29.8 Å². The Morgan fingerprint density at radius 3 is 2.42 bits per heavy atom. The van der Waals surface area contributed by atoms with Gasteiger partial charge >= 0.3 is 0 Å². The molecule has 2 rings (SSSR count). The van der Waals surface area contributed by atoms with Crippen LogP contribution >= 0.6 is 23.2 Å². The van der Waals surface area contributed by atoms with E-state index in [4.69, 9.17) is 23.2 Å². The highest BCUT2D eigenvalue weighted by Gasteiger charge is 2.15. The fourth-order valence-corrected chi connectivity index (χ4v) is 1.96. The summed E-state index contributed by atoms with van der Waals surface area (Å²) in [6.07, 6.45) is 0. The Balaban J connectivity index is 2.07. The highest BCUT2D eigenvalue weighted by Crippen LogP contribution is 2.18. The van der Waals surface area contributed by atoms with Gasteiger partial charge in [-0.1, -0.05) is 41.4 Å². The van der Waals surface area contributed by atoms with Gasteiger partial charge in [0.15, 0.2) is 0 Å². The smallest absolute Gasteiger partial charge is 0.256 e.